The van der Waals surface area contributed by atoms with Gasteiger partial charge in [-0.2, -0.15) is 0 Å². The molecule has 6 heteroatoms. The van der Waals surface area contributed by atoms with Crippen molar-refractivity contribution in [2.45, 2.75) is 44.7 Å². The molecule has 2 rings (SSSR count). The second-order valence-electron chi connectivity index (χ2n) is 6.01. The molecule has 0 aromatic heterocycles. The zero-order valence-corrected chi connectivity index (χ0v) is 13.3. The fourth-order valence-electron chi connectivity index (χ4n) is 3.55. The number of aliphatic hydroxyl groups excluding tert-OH is 1. The molecule has 0 aromatic rings. The second-order valence-corrected chi connectivity index (χ2v) is 8.17. The fraction of sp³-hybridized carbons (Fsp3) is 1.00. The number of likely N-dealkylation sites (N-methyl/N-ethyl adjacent to an activating group) is 1. The van der Waals surface area contributed by atoms with Crippen LogP contribution in [0.2, 0.25) is 0 Å². The molecule has 2 aliphatic rings. The Kier molecular flexibility index (Phi) is 5.84. The average Bonchev–Trinajstić information content (AvgIpc) is 2.74. The lowest BCUT2D eigenvalue weighted by Crippen LogP contribution is -2.59. The zero-order valence-electron chi connectivity index (χ0n) is 12.5. The molecule has 1 N–H and O–H groups in total. The first kappa shape index (κ1) is 16.2. The number of nitrogens with zero attached hydrogens (tertiary/aromatic N) is 2. The van der Waals surface area contributed by atoms with Crippen molar-refractivity contribution in [3.05, 3.63) is 0 Å². The van der Waals surface area contributed by atoms with E-state index in [1.165, 1.54) is 0 Å². The van der Waals surface area contributed by atoms with Crippen molar-refractivity contribution in [2.75, 3.05) is 44.3 Å². The van der Waals surface area contributed by atoms with Crippen LogP contribution < -0.4 is 0 Å². The highest BCUT2D eigenvalue weighted by Gasteiger charge is 2.45. The average molecular weight is 304 g/mol. The Bertz CT molecular complexity index is 399. The first-order chi connectivity index (χ1) is 9.57. The highest BCUT2D eigenvalue weighted by molar-refractivity contribution is 7.91. The highest BCUT2D eigenvalue weighted by Crippen LogP contribution is 2.27. The minimum absolute atomic E-state index is 0.201. The van der Waals surface area contributed by atoms with Crippen LogP contribution in [0.15, 0.2) is 0 Å². The molecule has 0 unspecified atom stereocenters. The van der Waals surface area contributed by atoms with Gasteiger partial charge in [0, 0.05) is 31.8 Å². The van der Waals surface area contributed by atoms with E-state index in [0.717, 1.165) is 51.9 Å². The Balaban J connectivity index is 1.88. The Morgan fingerprint density at radius 3 is 2.25 bits per heavy atom. The van der Waals surface area contributed by atoms with Crippen LogP contribution in [-0.2, 0) is 9.84 Å². The summed E-state index contributed by atoms with van der Waals surface area (Å²) in [7, 11) is -2.86. The molecule has 0 radical (unpaired) electrons. The Labute approximate surface area is 122 Å². The third-order valence-corrected chi connectivity index (χ3v) is 6.36. The molecular formula is C14H28N2O3S. The van der Waals surface area contributed by atoms with Gasteiger partial charge in [-0.25, -0.2) is 8.42 Å². The van der Waals surface area contributed by atoms with Gasteiger partial charge in [-0.3, -0.25) is 9.80 Å². The van der Waals surface area contributed by atoms with Crippen molar-refractivity contribution in [2.24, 2.45) is 0 Å². The molecule has 0 saturated carbocycles. The summed E-state index contributed by atoms with van der Waals surface area (Å²) in [5, 5.41) is 8.77. The molecule has 20 heavy (non-hydrogen) atoms. The molecule has 0 bridgehead atoms. The van der Waals surface area contributed by atoms with Gasteiger partial charge in [0.05, 0.1) is 11.5 Å². The van der Waals surface area contributed by atoms with E-state index in [1.807, 2.05) is 0 Å². The molecule has 5 nitrogen and oxygen atoms in total. The summed E-state index contributed by atoms with van der Waals surface area (Å²) in [6.45, 7) is 6.32. The van der Waals surface area contributed by atoms with Crippen LogP contribution in [-0.4, -0.2) is 79.7 Å². The van der Waals surface area contributed by atoms with Crippen molar-refractivity contribution in [3.8, 4) is 0 Å². The van der Waals surface area contributed by atoms with Gasteiger partial charge in [0.25, 0.3) is 0 Å². The molecule has 2 atom stereocenters. The number of hydrogen-bond acceptors (Lipinski definition) is 5. The van der Waals surface area contributed by atoms with E-state index < -0.39 is 9.84 Å². The van der Waals surface area contributed by atoms with Gasteiger partial charge in [0.15, 0.2) is 9.84 Å². The SMILES string of the molecule is CCN1CCN(CCCCCCO)[C@@H]2CS(=O)(=O)C[C@@H]21. The molecule has 2 fully saturated rings. The van der Waals surface area contributed by atoms with E-state index in [-0.39, 0.29) is 18.7 Å². The predicted molar refractivity (Wildman–Crippen MR) is 80.6 cm³/mol. The molecule has 2 heterocycles. The van der Waals surface area contributed by atoms with E-state index in [9.17, 15) is 8.42 Å². The Hall–Kier alpha value is -0.170. The molecule has 0 spiro atoms. The smallest absolute Gasteiger partial charge is 0.153 e. The highest BCUT2D eigenvalue weighted by atomic mass is 32.2. The standard InChI is InChI=1S/C14H28N2O3S/c1-2-15-8-9-16(7-5-3-4-6-10-17)14-12-20(18,19)11-13(14)15/h13-14,17H,2-12H2,1H3/t13-,14+/m0/s1. The Morgan fingerprint density at radius 2 is 1.60 bits per heavy atom. The minimum Gasteiger partial charge on any atom is -0.396 e. The number of aliphatic hydroxyl groups is 1. The summed E-state index contributed by atoms with van der Waals surface area (Å²) in [5.74, 6) is 0.678. The third kappa shape index (κ3) is 3.93. The summed E-state index contributed by atoms with van der Waals surface area (Å²) < 4.78 is 23.9. The van der Waals surface area contributed by atoms with Crippen LogP contribution in [0.3, 0.4) is 0 Å². The Morgan fingerprint density at radius 1 is 1.00 bits per heavy atom. The van der Waals surface area contributed by atoms with Crippen LogP contribution in [0.5, 0.6) is 0 Å². The maximum absolute atomic E-state index is 11.9. The van der Waals surface area contributed by atoms with E-state index in [2.05, 4.69) is 16.7 Å². The van der Waals surface area contributed by atoms with Crippen molar-refractivity contribution >= 4 is 9.84 Å². The summed E-state index contributed by atoms with van der Waals surface area (Å²) in [6.07, 6.45) is 4.18. The largest absolute Gasteiger partial charge is 0.396 e. The van der Waals surface area contributed by atoms with Gasteiger partial charge in [0.1, 0.15) is 0 Å². The molecule has 118 valence electrons. The van der Waals surface area contributed by atoms with Crippen LogP contribution in [0.4, 0.5) is 0 Å². The summed E-state index contributed by atoms with van der Waals surface area (Å²) >= 11 is 0. The third-order valence-electron chi connectivity index (χ3n) is 4.67. The van der Waals surface area contributed by atoms with Gasteiger partial charge in [0.2, 0.25) is 0 Å². The lowest BCUT2D eigenvalue weighted by molar-refractivity contribution is 0.0479. The molecule has 0 amide bonds. The van der Waals surface area contributed by atoms with Crippen LogP contribution in [0, 0.1) is 0 Å². The van der Waals surface area contributed by atoms with E-state index in [4.69, 9.17) is 5.11 Å². The van der Waals surface area contributed by atoms with Gasteiger partial charge < -0.3 is 5.11 Å². The number of hydrogen-bond donors (Lipinski definition) is 1. The van der Waals surface area contributed by atoms with Gasteiger partial charge in [-0.1, -0.05) is 19.8 Å². The fourth-order valence-corrected chi connectivity index (χ4v) is 5.59. The maximum Gasteiger partial charge on any atom is 0.153 e. The number of fused-ring (bicyclic) bond motifs is 1. The topological polar surface area (TPSA) is 60.9 Å². The number of sulfone groups is 1. The quantitative estimate of drug-likeness (QED) is 0.688. The van der Waals surface area contributed by atoms with Crippen molar-refractivity contribution in [3.63, 3.8) is 0 Å². The summed E-state index contributed by atoms with van der Waals surface area (Å²) in [5.41, 5.74) is 0. The summed E-state index contributed by atoms with van der Waals surface area (Å²) in [4.78, 5) is 4.72. The van der Waals surface area contributed by atoms with Gasteiger partial charge in [-0.15, -0.1) is 0 Å². The predicted octanol–water partition coefficient (Wildman–Crippen LogP) is 0.342. The maximum atomic E-state index is 11.9. The minimum atomic E-state index is -2.86. The number of piperazine rings is 1. The molecule has 0 aromatic carbocycles. The lowest BCUT2D eigenvalue weighted by Gasteiger charge is -2.43. The van der Waals surface area contributed by atoms with Gasteiger partial charge >= 0.3 is 0 Å². The van der Waals surface area contributed by atoms with Crippen molar-refractivity contribution in [1.29, 1.82) is 0 Å². The zero-order chi connectivity index (χ0) is 14.6. The molecular weight excluding hydrogens is 276 g/mol. The normalized spacial score (nSPS) is 30.5. The second kappa shape index (κ2) is 7.20. The number of rotatable bonds is 7. The van der Waals surface area contributed by atoms with Crippen LogP contribution in [0.25, 0.3) is 0 Å². The lowest BCUT2D eigenvalue weighted by atomic mass is 10.0. The van der Waals surface area contributed by atoms with Crippen LogP contribution in [0.1, 0.15) is 32.6 Å². The van der Waals surface area contributed by atoms with Crippen molar-refractivity contribution < 1.29 is 13.5 Å². The first-order valence-corrected chi connectivity index (χ1v) is 9.69. The van der Waals surface area contributed by atoms with Crippen LogP contribution >= 0.6 is 0 Å². The van der Waals surface area contributed by atoms with E-state index >= 15 is 0 Å². The number of unbranched alkanes of at least 4 members (excludes halogenated alkanes) is 3. The van der Waals surface area contributed by atoms with Gasteiger partial charge in [-0.05, 0) is 25.9 Å². The monoisotopic (exact) mass is 304 g/mol. The van der Waals surface area contributed by atoms with E-state index in [1.54, 1.807) is 0 Å². The first-order valence-electron chi connectivity index (χ1n) is 7.87. The van der Waals surface area contributed by atoms with Crippen molar-refractivity contribution in [1.82, 2.24) is 9.80 Å². The molecule has 2 aliphatic heterocycles. The molecule has 2 saturated heterocycles. The van der Waals surface area contributed by atoms with E-state index in [0.29, 0.717) is 11.5 Å². The summed E-state index contributed by atoms with van der Waals surface area (Å²) in [6, 6.07) is 0.405. The molecule has 0 aliphatic carbocycles.